The van der Waals surface area contributed by atoms with Crippen molar-refractivity contribution in [3.05, 3.63) is 64.4 Å². The van der Waals surface area contributed by atoms with Crippen LogP contribution in [0.25, 0.3) is 5.13 Å². The highest BCUT2D eigenvalue weighted by Gasteiger charge is 2.22. The zero-order valence-electron chi connectivity index (χ0n) is 11.6. The first-order valence-corrected chi connectivity index (χ1v) is 8.04. The Morgan fingerprint density at radius 2 is 2.14 bits per heavy atom. The first-order chi connectivity index (χ1) is 10.4. The first-order valence-electron chi connectivity index (χ1n) is 7.16. The summed E-state index contributed by atoms with van der Waals surface area (Å²) >= 11 is 1.64. The molecule has 0 unspecified atom stereocenters. The minimum absolute atomic E-state index is 0.878. The van der Waals surface area contributed by atoms with Crippen LogP contribution in [0.4, 0.5) is 0 Å². The van der Waals surface area contributed by atoms with Gasteiger partial charge in [0.15, 0.2) is 0 Å². The van der Waals surface area contributed by atoms with Gasteiger partial charge in [0.05, 0.1) is 11.4 Å². The van der Waals surface area contributed by atoms with Gasteiger partial charge >= 0.3 is 0 Å². The normalized spacial score (nSPS) is 14.1. The fraction of sp³-hybridized carbons (Fsp3) is 0.250. The average Bonchev–Trinajstić information content (AvgIpc) is 3.17. The summed E-state index contributed by atoms with van der Waals surface area (Å²) in [4.78, 5) is 4.41. The summed E-state index contributed by atoms with van der Waals surface area (Å²) in [5.74, 6) is 0. The Labute approximate surface area is 127 Å². The fourth-order valence-corrected chi connectivity index (χ4v) is 3.44. The molecule has 0 amide bonds. The van der Waals surface area contributed by atoms with Crippen LogP contribution in [0.2, 0.25) is 0 Å². The van der Waals surface area contributed by atoms with Crippen LogP contribution in [-0.4, -0.2) is 21.3 Å². The van der Waals surface area contributed by atoms with Gasteiger partial charge in [-0.3, -0.25) is 0 Å². The summed E-state index contributed by atoms with van der Waals surface area (Å²) in [7, 11) is 0. The van der Waals surface area contributed by atoms with Gasteiger partial charge in [0, 0.05) is 43.1 Å². The maximum atomic E-state index is 4.85. The maximum Gasteiger partial charge on any atom is 0.210 e. The molecule has 0 spiro atoms. The van der Waals surface area contributed by atoms with Crippen LogP contribution in [0.1, 0.15) is 22.5 Å². The summed E-state index contributed by atoms with van der Waals surface area (Å²) in [5.41, 5.74) is 5.13. The summed E-state index contributed by atoms with van der Waals surface area (Å²) in [6.45, 7) is 1.91. The Balaban J connectivity index is 1.77. The molecule has 0 fully saturated rings. The van der Waals surface area contributed by atoms with Crippen LogP contribution in [0.3, 0.4) is 0 Å². The van der Waals surface area contributed by atoms with Crippen molar-refractivity contribution < 1.29 is 0 Å². The number of thiazole rings is 1. The van der Waals surface area contributed by atoms with Crippen molar-refractivity contribution in [2.45, 2.75) is 19.4 Å². The van der Waals surface area contributed by atoms with E-state index >= 15 is 0 Å². The monoisotopic (exact) mass is 296 g/mol. The lowest BCUT2D eigenvalue weighted by Crippen LogP contribution is -2.25. The number of hydrogen-bond donors (Lipinski definition) is 1. The van der Waals surface area contributed by atoms with Crippen molar-refractivity contribution in [2.75, 3.05) is 6.54 Å². The number of fused-ring (bicyclic) bond motifs is 1. The topological polar surface area (TPSA) is 42.7 Å². The minimum atomic E-state index is 0.878. The maximum absolute atomic E-state index is 4.85. The molecule has 0 aliphatic carbocycles. The molecule has 0 saturated heterocycles. The SMILES string of the molecule is c1ccc(Cc2nn(-c3nccs3)c3c2CNCC3)cc1. The Kier molecular flexibility index (Phi) is 3.29. The van der Waals surface area contributed by atoms with Crippen molar-refractivity contribution >= 4 is 11.3 Å². The lowest BCUT2D eigenvalue weighted by atomic mass is 10.0. The predicted octanol–water partition coefficient (Wildman–Crippen LogP) is 2.57. The van der Waals surface area contributed by atoms with Crippen LogP contribution in [-0.2, 0) is 19.4 Å². The number of rotatable bonds is 3. The molecule has 0 bridgehead atoms. The van der Waals surface area contributed by atoms with Gasteiger partial charge in [-0.25, -0.2) is 9.67 Å². The third-order valence-electron chi connectivity index (χ3n) is 3.83. The van der Waals surface area contributed by atoms with Gasteiger partial charge in [-0.2, -0.15) is 5.10 Å². The van der Waals surface area contributed by atoms with Gasteiger partial charge in [0.25, 0.3) is 0 Å². The quantitative estimate of drug-likeness (QED) is 0.808. The third-order valence-corrected chi connectivity index (χ3v) is 4.58. The van der Waals surface area contributed by atoms with E-state index in [0.29, 0.717) is 0 Å². The Bertz CT molecular complexity index is 731. The molecule has 4 rings (SSSR count). The molecule has 2 aromatic heterocycles. The van der Waals surface area contributed by atoms with E-state index in [1.165, 1.54) is 22.5 Å². The van der Waals surface area contributed by atoms with Crippen molar-refractivity contribution in [2.24, 2.45) is 0 Å². The summed E-state index contributed by atoms with van der Waals surface area (Å²) in [6.07, 6.45) is 3.73. The molecular weight excluding hydrogens is 280 g/mol. The van der Waals surface area contributed by atoms with Crippen LogP contribution in [0, 0.1) is 0 Å². The molecule has 4 nitrogen and oxygen atoms in total. The van der Waals surface area contributed by atoms with E-state index in [1.807, 2.05) is 16.3 Å². The molecule has 0 radical (unpaired) electrons. The first kappa shape index (κ1) is 12.7. The van der Waals surface area contributed by atoms with E-state index in [1.54, 1.807) is 11.3 Å². The second kappa shape index (κ2) is 5.42. The Morgan fingerprint density at radius 1 is 1.24 bits per heavy atom. The highest BCUT2D eigenvalue weighted by Crippen LogP contribution is 2.24. The number of nitrogens with zero attached hydrogens (tertiary/aromatic N) is 3. The second-order valence-electron chi connectivity index (χ2n) is 5.19. The largest absolute Gasteiger partial charge is 0.312 e. The summed E-state index contributed by atoms with van der Waals surface area (Å²) < 4.78 is 2.04. The molecule has 3 aromatic rings. The lowest BCUT2D eigenvalue weighted by Gasteiger charge is -2.14. The number of nitrogens with one attached hydrogen (secondary N) is 1. The van der Waals surface area contributed by atoms with Gasteiger partial charge in [0.2, 0.25) is 5.13 Å². The van der Waals surface area contributed by atoms with E-state index < -0.39 is 0 Å². The molecule has 1 N–H and O–H groups in total. The van der Waals surface area contributed by atoms with Crippen LogP contribution in [0.15, 0.2) is 41.9 Å². The predicted molar refractivity (Wildman–Crippen MR) is 83.9 cm³/mol. The second-order valence-corrected chi connectivity index (χ2v) is 6.06. The fourth-order valence-electron chi connectivity index (χ4n) is 2.83. The van der Waals surface area contributed by atoms with Crippen LogP contribution in [0.5, 0.6) is 0 Å². The molecular formula is C16H16N4S. The van der Waals surface area contributed by atoms with Crippen molar-refractivity contribution in [3.63, 3.8) is 0 Å². The molecule has 3 heterocycles. The van der Waals surface area contributed by atoms with Crippen molar-refractivity contribution in [1.82, 2.24) is 20.1 Å². The molecule has 5 heteroatoms. The zero-order chi connectivity index (χ0) is 14.1. The highest BCUT2D eigenvalue weighted by molar-refractivity contribution is 7.12. The van der Waals surface area contributed by atoms with Crippen molar-refractivity contribution in [1.29, 1.82) is 0 Å². The lowest BCUT2D eigenvalue weighted by molar-refractivity contribution is 0.621. The molecule has 0 saturated carbocycles. The molecule has 1 aliphatic rings. The standard InChI is InChI=1S/C16H16N4S/c1-2-4-12(5-3-1)10-14-13-11-17-7-6-15(13)20(19-14)16-18-8-9-21-16/h1-5,8-9,17H,6-7,10-11H2. The number of aromatic nitrogens is 3. The zero-order valence-corrected chi connectivity index (χ0v) is 12.4. The van der Waals surface area contributed by atoms with Gasteiger partial charge in [0.1, 0.15) is 0 Å². The molecule has 1 aromatic carbocycles. The number of hydrogen-bond acceptors (Lipinski definition) is 4. The summed E-state index contributed by atoms with van der Waals surface area (Å²) in [5, 5.41) is 11.3. The molecule has 0 atom stereocenters. The van der Waals surface area contributed by atoms with Crippen LogP contribution < -0.4 is 5.32 Å². The van der Waals surface area contributed by atoms with Crippen LogP contribution >= 0.6 is 11.3 Å². The molecule has 106 valence electrons. The molecule has 1 aliphatic heterocycles. The minimum Gasteiger partial charge on any atom is -0.312 e. The third kappa shape index (κ3) is 2.39. The van der Waals surface area contributed by atoms with Gasteiger partial charge < -0.3 is 5.32 Å². The van der Waals surface area contributed by atoms with Gasteiger partial charge in [-0.15, -0.1) is 11.3 Å². The highest BCUT2D eigenvalue weighted by atomic mass is 32.1. The van der Waals surface area contributed by atoms with E-state index in [2.05, 4.69) is 40.6 Å². The average molecular weight is 296 g/mol. The molecule has 21 heavy (non-hydrogen) atoms. The Morgan fingerprint density at radius 3 is 2.95 bits per heavy atom. The Hall–Kier alpha value is -1.98. The van der Waals surface area contributed by atoms with E-state index in [-0.39, 0.29) is 0 Å². The van der Waals surface area contributed by atoms with Gasteiger partial charge in [-0.05, 0) is 5.56 Å². The van der Waals surface area contributed by atoms with E-state index in [0.717, 1.165) is 31.1 Å². The van der Waals surface area contributed by atoms with Gasteiger partial charge in [-0.1, -0.05) is 30.3 Å². The van der Waals surface area contributed by atoms with Crippen molar-refractivity contribution in [3.8, 4) is 5.13 Å². The van der Waals surface area contributed by atoms with E-state index in [9.17, 15) is 0 Å². The summed E-state index contributed by atoms with van der Waals surface area (Å²) in [6, 6.07) is 10.5. The smallest absolute Gasteiger partial charge is 0.210 e. The number of benzene rings is 1. The van der Waals surface area contributed by atoms with E-state index in [4.69, 9.17) is 5.10 Å².